The van der Waals surface area contributed by atoms with E-state index in [-0.39, 0.29) is 10.9 Å². The first kappa shape index (κ1) is 15.9. The van der Waals surface area contributed by atoms with Gasteiger partial charge in [0.1, 0.15) is 4.90 Å². The van der Waals surface area contributed by atoms with Crippen LogP contribution in [0.4, 0.5) is 5.69 Å². The minimum atomic E-state index is -3.53. The van der Waals surface area contributed by atoms with Crippen molar-refractivity contribution < 1.29 is 8.42 Å². The summed E-state index contributed by atoms with van der Waals surface area (Å²) in [5.74, 6) is 0.491. The van der Waals surface area contributed by atoms with Gasteiger partial charge in [-0.2, -0.15) is 0 Å². The molecule has 21 heavy (non-hydrogen) atoms. The highest BCUT2D eigenvalue weighted by Gasteiger charge is 2.21. The number of benzene rings is 1. The molecule has 0 radical (unpaired) electrons. The van der Waals surface area contributed by atoms with Crippen LogP contribution in [0.1, 0.15) is 33.6 Å². The first-order chi connectivity index (χ1) is 9.83. The number of nitrogen functional groups attached to an aromatic ring is 1. The van der Waals surface area contributed by atoms with Crippen molar-refractivity contribution in [2.45, 2.75) is 44.6 Å². The number of aromatic amines is 1. The van der Waals surface area contributed by atoms with Crippen LogP contribution in [0.15, 0.2) is 29.3 Å². The molecule has 0 fully saturated rings. The molecule has 6 heteroatoms. The normalized spacial score (nSPS) is 15.2. The summed E-state index contributed by atoms with van der Waals surface area (Å²) < 4.78 is 27.8. The van der Waals surface area contributed by atoms with E-state index in [1.54, 1.807) is 18.2 Å². The van der Waals surface area contributed by atoms with Crippen LogP contribution in [0.3, 0.4) is 0 Å². The standard InChI is InChI=1S/C15H23N3O2S/c1-4-10(2)7-11(3)18-21(19,20)15-9-17-14-8-12(16)5-6-13(14)15/h5-6,8-11,17-18H,4,7,16H2,1-3H3. The minimum absolute atomic E-state index is 0.0938. The Kier molecular flexibility index (Phi) is 4.58. The van der Waals surface area contributed by atoms with Crippen LogP contribution >= 0.6 is 0 Å². The van der Waals surface area contributed by atoms with E-state index in [1.165, 1.54) is 6.20 Å². The fraction of sp³-hybridized carbons (Fsp3) is 0.467. The zero-order valence-electron chi connectivity index (χ0n) is 12.7. The Hall–Kier alpha value is -1.53. The fourth-order valence-corrected chi connectivity index (χ4v) is 3.92. The Bertz CT molecular complexity index is 722. The fourth-order valence-electron chi connectivity index (χ4n) is 2.49. The number of rotatable bonds is 6. The van der Waals surface area contributed by atoms with Crippen molar-refractivity contribution in [2.24, 2.45) is 5.92 Å². The molecule has 1 aromatic carbocycles. The number of nitrogens with one attached hydrogen (secondary N) is 2. The Morgan fingerprint density at radius 3 is 2.71 bits per heavy atom. The summed E-state index contributed by atoms with van der Waals surface area (Å²) in [6.07, 6.45) is 3.38. The van der Waals surface area contributed by atoms with Crippen molar-refractivity contribution in [3.63, 3.8) is 0 Å². The molecule has 0 amide bonds. The van der Waals surface area contributed by atoms with E-state index in [9.17, 15) is 8.42 Å². The first-order valence-electron chi connectivity index (χ1n) is 7.22. The molecule has 2 aromatic rings. The molecule has 4 N–H and O–H groups in total. The Labute approximate surface area is 126 Å². The lowest BCUT2D eigenvalue weighted by Gasteiger charge is -2.17. The number of hydrogen-bond donors (Lipinski definition) is 3. The molecule has 116 valence electrons. The molecule has 0 saturated heterocycles. The molecule has 0 spiro atoms. The van der Waals surface area contributed by atoms with Gasteiger partial charge < -0.3 is 10.7 Å². The van der Waals surface area contributed by atoms with Crippen LogP contribution < -0.4 is 10.5 Å². The van der Waals surface area contributed by atoms with Crippen molar-refractivity contribution in [3.8, 4) is 0 Å². The first-order valence-corrected chi connectivity index (χ1v) is 8.70. The predicted octanol–water partition coefficient (Wildman–Crippen LogP) is 2.85. The van der Waals surface area contributed by atoms with Gasteiger partial charge in [-0.05, 0) is 37.5 Å². The highest BCUT2D eigenvalue weighted by Crippen LogP contribution is 2.25. The average Bonchev–Trinajstić information content (AvgIpc) is 2.81. The molecule has 0 aliphatic rings. The zero-order chi connectivity index (χ0) is 15.6. The third-order valence-electron chi connectivity index (χ3n) is 3.77. The highest BCUT2D eigenvalue weighted by atomic mass is 32.2. The maximum atomic E-state index is 12.5. The van der Waals surface area contributed by atoms with E-state index in [2.05, 4.69) is 23.6 Å². The van der Waals surface area contributed by atoms with Crippen LogP contribution in [-0.4, -0.2) is 19.4 Å². The number of fused-ring (bicyclic) bond motifs is 1. The van der Waals surface area contributed by atoms with E-state index < -0.39 is 10.0 Å². The van der Waals surface area contributed by atoms with Crippen molar-refractivity contribution >= 4 is 26.6 Å². The third-order valence-corrected chi connectivity index (χ3v) is 5.40. The van der Waals surface area contributed by atoms with E-state index in [1.807, 2.05) is 6.92 Å². The highest BCUT2D eigenvalue weighted by molar-refractivity contribution is 7.89. The second kappa shape index (κ2) is 6.07. The smallest absolute Gasteiger partial charge is 0.242 e. The number of hydrogen-bond acceptors (Lipinski definition) is 3. The molecule has 2 rings (SSSR count). The van der Waals surface area contributed by atoms with Crippen molar-refractivity contribution in [3.05, 3.63) is 24.4 Å². The van der Waals surface area contributed by atoms with Crippen LogP contribution in [0, 0.1) is 5.92 Å². The van der Waals surface area contributed by atoms with Gasteiger partial charge in [0, 0.05) is 28.8 Å². The molecule has 0 aliphatic carbocycles. The zero-order valence-corrected chi connectivity index (χ0v) is 13.5. The summed E-state index contributed by atoms with van der Waals surface area (Å²) >= 11 is 0. The maximum Gasteiger partial charge on any atom is 0.242 e. The summed E-state index contributed by atoms with van der Waals surface area (Å²) in [4.78, 5) is 3.23. The van der Waals surface area contributed by atoms with E-state index in [0.29, 0.717) is 17.0 Å². The number of aromatic nitrogens is 1. The van der Waals surface area contributed by atoms with E-state index in [0.717, 1.165) is 18.4 Å². The maximum absolute atomic E-state index is 12.5. The van der Waals surface area contributed by atoms with E-state index in [4.69, 9.17) is 5.73 Å². The van der Waals surface area contributed by atoms with Gasteiger partial charge in [0.05, 0.1) is 0 Å². The summed E-state index contributed by atoms with van der Waals surface area (Å²) in [5, 5.41) is 0.660. The largest absolute Gasteiger partial charge is 0.399 e. The SMILES string of the molecule is CCC(C)CC(C)NS(=O)(=O)c1c[nH]c2cc(N)ccc12. The lowest BCUT2D eigenvalue weighted by molar-refractivity contribution is 0.445. The van der Waals surface area contributed by atoms with Crippen LogP contribution in [0.25, 0.3) is 10.9 Å². The molecular formula is C15H23N3O2S. The minimum Gasteiger partial charge on any atom is -0.399 e. The van der Waals surface area contributed by atoms with Crippen molar-refractivity contribution in [1.29, 1.82) is 0 Å². The summed E-state index contributed by atoms with van der Waals surface area (Å²) in [6.45, 7) is 6.13. The average molecular weight is 309 g/mol. The monoisotopic (exact) mass is 309 g/mol. The van der Waals surface area contributed by atoms with Gasteiger partial charge in [0.25, 0.3) is 0 Å². The molecule has 1 heterocycles. The van der Waals surface area contributed by atoms with Gasteiger partial charge in [-0.15, -0.1) is 0 Å². The molecule has 0 bridgehead atoms. The molecule has 2 unspecified atom stereocenters. The molecule has 2 atom stereocenters. The number of anilines is 1. The van der Waals surface area contributed by atoms with Gasteiger partial charge in [0.2, 0.25) is 10.0 Å². The van der Waals surface area contributed by atoms with E-state index >= 15 is 0 Å². The predicted molar refractivity (Wildman–Crippen MR) is 86.6 cm³/mol. The topological polar surface area (TPSA) is 88.0 Å². The second-order valence-corrected chi connectivity index (χ2v) is 7.41. The molecule has 1 aromatic heterocycles. The third kappa shape index (κ3) is 3.57. The van der Waals surface area contributed by atoms with Crippen LogP contribution in [0.5, 0.6) is 0 Å². The second-order valence-electron chi connectivity index (χ2n) is 5.73. The Balaban J connectivity index is 2.26. The quantitative estimate of drug-likeness (QED) is 0.717. The van der Waals surface area contributed by atoms with Gasteiger partial charge in [-0.25, -0.2) is 13.1 Å². The lowest BCUT2D eigenvalue weighted by atomic mass is 10.0. The molecule has 0 aliphatic heterocycles. The summed E-state index contributed by atoms with van der Waals surface area (Å²) in [5.41, 5.74) is 7.04. The number of sulfonamides is 1. The van der Waals surface area contributed by atoms with Gasteiger partial charge in [-0.1, -0.05) is 20.3 Å². The Morgan fingerprint density at radius 2 is 2.05 bits per heavy atom. The van der Waals surface area contributed by atoms with Gasteiger partial charge >= 0.3 is 0 Å². The number of nitrogens with two attached hydrogens (primary N) is 1. The van der Waals surface area contributed by atoms with Crippen molar-refractivity contribution in [1.82, 2.24) is 9.71 Å². The molecule has 0 saturated carbocycles. The molecular weight excluding hydrogens is 286 g/mol. The Morgan fingerprint density at radius 1 is 1.33 bits per heavy atom. The van der Waals surface area contributed by atoms with Crippen LogP contribution in [-0.2, 0) is 10.0 Å². The van der Waals surface area contributed by atoms with Crippen molar-refractivity contribution in [2.75, 3.05) is 5.73 Å². The summed E-state index contributed by atoms with van der Waals surface area (Å²) in [6, 6.07) is 5.08. The summed E-state index contributed by atoms with van der Waals surface area (Å²) in [7, 11) is -3.53. The van der Waals surface area contributed by atoms with Gasteiger partial charge in [0.15, 0.2) is 0 Å². The van der Waals surface area contributed by atoms with Crippen LogP contribution in [0.2, 0.25) is 0 Å². The lowest BCUT2D eigenvalue weighted by Crippen LogP contribution is -2.33. The molecule has 5 nitrogen and oxygen atoms in total. The number of H-pyrrole nitrogens is 1. The van der Waals surface area contributed by atoms with Gasteiger partial charge in [-0.3, -0.25) is 0 Å².